The molecule has 0 spiro atoms. The van der Waals surface area contributed by atoms with Crippen molar-refractivity contribution in [3.63, 3.8) is 0 Å². The topological polar surface area (TPSA) is 62.5 Å². The van der Waals surface area contributed by atoms with Crippen molar-refractivity contribution in [3.05, 3.63) is 59.2 Å². The Hall–Kier alpha value is -2.80. The summed E-state index contributed by atoms with van der Waals surface area (Å²) in [6.07, 6.45) is 0. The molecule has 0 bridgehead atoms. The van der Waals surface area contributed by atoms with Gasteiger partial charge in [0.05, 0.1) is 5.75 Å². The van der Waals surface area contributed by atoms with Gasteiger partial charge >= 0.3 is 0 Å². The summed E-state index contributed by atoms with van der Waals surface area (Å²) in [7, 11) is 0. The highest BCUT2D eigenvalue weighted by molar-refractivity contribution is 7.99. The fourth-order valence-electron chi connectivity index (χ4n) is 3.57. The summed E-state index contributed by atoms with van der Waals surface area (Å²) in [5.74, 6) is 0.890. The number of anilines is 1. The number of nitrogens with zero attached hydrogens (tertiary/aromatic N) is 4. The molecular weight excluding hydrogens is 396 g/mol. The van der Waals surface area contributed by atoms with Gasteiger partial charge in [0.25, 0.3) is 5.22 Å². The van der Waals surface area contributed by atoms with Crippen LogP contribution in [0.2, 0.25) is 0 Å². The molecule has 0 saturated carbocycles. The molecule has 0 atom stereocenters. The van der Waals surface area contributed by atoms with Crippen molar-refractivity contribution in [2.75, 3.05) is 36.8 Å². The summed E-state index contributed by atoms with van der Waals surface area (Å²) < 4.78 is 5.71. The number of aromatic nitrogens is 2. The summed E-state index contributed by atoms with van der Waals surface area (Å²) >= 11 is 1.30. The number of rotatable bonds is 5. The van der Waals surface area contributed by atoms with E-state index in [-0.39, 0.29) is 5.91 Å². The van der Waals surface area contributed by atoms with Crippen LogP contribution in [-0.2, 0) is 4.79 Å². The van der Waals surface area contributed by atoms with Crippen LogP contribution in [-0.4, -0.2) is 52.9 Å². The number of carbonyl (C=O) groups excluding carboxylic acids is 1. The van der Waals surface area contributed by atoms with Crippen LogP contribution in [0.3, 0.4) is 0 Å². The Labute approximate surface area is 181 Å². The maximum absolute atomic E-state index is 12.6. The van der Waals surface area contributed by atoms with Crippen molar-refractivity contribution < 1.29 is 9.21 Å². The van der Waals surface area contributed by atoms with Crippen LogP contribution in [0.25, 0.3) is 11.5 Å². The Kier molecular flexibility index (Phi) is 6.08. The molecule has 0 N–H and O–H groups in total. The molecule has 30 heavy (non-hydrogen) atoms. The summed E-state index contributed by atoms with van der Waals surface area (Å²) in [6.45, 7) is 9.48. The lowest BCUT2D eigenvalue weighted by Crippen LogP contribution is -2.49. The normalized spacial score (nSPS) is 14.2. The fourth-order valence-corrected chi connectivity index (χ4v) is 4.24. The Bertz CT molecular complexity index is 1020. The zero-order valence-corrected chi connectivity index (χ0v) is 18.4. The second-order valence-corrected chi connectivity index (χ2v) is 8.54. The largest absolute Gasteiger partial charge is 0.411 e. The standard InChI is InChI=1S/C23H26N4O2S/c1-16-7-9-19(10-8-16)22-24-25-23(29-22)30-15-21(28)27-13-11-26(12-14-27)20-6-4-5-17(2)18(20)3/h4-10H,11-15H2,1-3H3. The first kappa shape index (κ1) is 20.5. The first-order valence-corrected chi connectivity index (χ1v) is 11.1. The van der Waals surface area contributed by atoms with Gasteiger partial charge in [0.1, 0.15) is 0 Å². The molecular formula is C23H26N4O2S. The minimum absolute atomic E-state index is 0.107. The number of hydrogen-bond donors (Lipinski definition) is 0. The molecule has 0 unspecified atom stereocenters. The lowest BCUT2D eigenvalue weighted by Gasteiger charge is -2.37. The number of aryl methyl sites for hydroxylation is 2. The van der Waals surface area contributed by atoms with E-state index in [9.17, 15) is 4.79 Å². The maximum Gasteiger partial charge on any atom is 0.277 e. The molecule has 1 aromatic heterocycles. The lowest BCUT2D eigenvalue weighted by molar-refractivity contribution is -0.128. The molecule has 4 rings (SSSR count). The van der Waals surface area contributed by atoms with Gasteiger partial charge in [-0.2, -0.15) is 0 Å². The Morgan fingerprint density at radius 1 is 1.00 bits per heavy atom. The van der Waals surface area contributed by atoms with Gasteiger partial charge in [-0.3, -0.25) is 4.79 Å². The Morgan fingerprint density at radius 3 is 2.47 bits per heavy atom. The van der Waals surface area contributed by atoms with Crippen LogP contribution >= 0.6 is 11.8 Å². The van der Waals surface area contributed by atoms with Crippen molar-refractivity contribution in [2.24, 2.45) is 0 Å². The van der Waals surface area contributed by atoms with E-state index >= 15 is 0 Å². The lowest BCUT2D eigenvalue weighted by atomic mass is 10.1. The zero-order chi connectivity index (χ0) is 21.1. The monoisotopic (exact) mass is 422 g/mol. The number of piperazine rings is 1. The molecule has 156 valence electrons. The minimum atomic E-state index is 0.107. The summed E-state index contributed by atoms with van der Waals surface area (Å²) in [6, 6.07) is 14.3. The van der Waals surface area contributed by atoms with Crippen LogP contribution in [0.15, 0.2) is 52.1 Å². The number of thioether (sulfide) groups is 1. The van der Waals surface area contributed by atoms with Crippen LogP contribution < -0.4 is 4.90 Å². The van der Waals surface area contributed by atoms with Gasteiger partial charge in [-0.05, 0) is 50.1 Å². The van der Waals surface area contributed by atoms with Gasteiger partial charge in [0.15, 0.2) is 0 Å². The molecule has 7 heteroatoms. The predicted octanol–water partition coefficient (Wildman–Crippen LogP) is 4.10. The Balaban J connectivity index is 1.29. The fraction of sp³-hybridized carbons (Fsp3) is 0.348. The second-order valence-electron chi connectivity index (χ2n) is 7.61. The Morgan fingerprint density at radius 2 is 1.73 bits per heavy atom. The summed E-state index contributed by atoms with van der Waals surface area (Å²) in [5.41, 5.74) is 5.94. The molecule has 2 aromatic carbocycles. The van der Waals surface area contributed by atoms with Gasteiger partial charge in [0.2, 0.25) is 11.8 Å². The highest BCUT2D eigenvalue weighted by atomic mass is 32.2. The van der Waals surface area contributed by atoms with Crippen molar-refractivity contribution in [1.82, 2.24) is 15.1 Å². The molecule has 1 saturated heterocycles. The van der Waals surface area contributed by atoms with E-state index in [0.717, 1.165) is 31.7 Å². The van der Waals surface area contributed by atoms with E-state index < -0.39 is 0 Å². The van der Waals surface area contributed by atoms with Gasteiger partial charge in [-0.25, -0.2) is 0 Å². The number of carbonyl (C=O) groups is 1. The molecule has 6 nitrogen and oxygen atoms in total. The quantitative estimate of drug-likeness (QED) is 0.577. The molecule has 3 aromatic rings. The van der Waals surface area contributed by atoms with Gasteiger partial charge in [-0.1, -0.05) is 41.6 Å². The van der Waals surface area contributed by atoms with Crippen molar-refractivity contribution in [2.45, 2.75) is 26.0 Å². The van der Waals surface area contributed by atoms with E-state index in [1.807, 2.05) is 36.1 Å². The van der Waals surface area contributed by atoms with Crippen LogP contribution in [0.5, 0.6) is 0 Å². The van der Waals surface area contributed by atoms with Gasteiger partial charge in [-0.15, -0.1) is 10.2 Å². The predicted molar refractivity (Wildman–Crippen MR) is 120 cm³/mol. The molecule has 1 amide bonds. The van der Waals surface area contributed by atoms with Gasteiger partial charge < -0.3 is 14.2 Å². The molecule has 1 aliphatic heterocycles. The number of hydrogen-bond acceptors (Lipinski definition) is 6. The van der Waals surface area contributed by atoms with Crippen LogP contribution in [0, 0.1) is 20.8 Å². The van der Waals surface area contributed by atoms with E-state index in [2.05, 4.69) is 47.1 Å². The van der Waals surface area contributed by atoms with E-state index in [1.54, 1.807) is 0 Å². The SMILES string of the molecule is Cc1ccc(-c2nnc(SCC(=O)N3CCN(c4cccc(C)c4C)CC3)o2)cc1. The average Bonchev–Trinajstić information content (AvgIpc) is 3.24. The van der Waals surface area contributed by atoms with E-state index in [0.29, 0.717) is 16.9 Å². The van der Waals surface area contributed by atoms with Crippen LogP contribution in [0.4, 0.5) is 5.69 Å². The third-order valence-corrected chi connectivity index (χ3v) is 6.38. The highest BCUT2D eigenvalue weighted by Crippen LogP contribution is 2.25. The third-order valence-electron chi connectivity index (χ3n) is 5.57. The van der Waals surface area contributed by atoms with E-state index in [1.165, 1.54) is 34.1 Å². The number of amides is 1. The number of benzene rings is 2. The first-order valence-electron chi connectivity index (χ1n) is 10.1. The average molecular weight is 423 g/mol. The molecule has 1 aliphatic rings. The molecule has 0 aliphatic carbocycles. The minimum Gasteiger partial charge on any atom is -0.411 e. The molecule has 1 fully saturated rings. The first-order chi connectivity index (χ1) is 14.5. The third kappa shape index (κ3) is 4.51. The van der Waals surface area contributed by atoms with Crippen molar-refractivity contribution in [3.8, 4) is 11.5 Å². The van der Waals surface area contributed by atoms with Crippen molar-refractivity contribution in [1.29, 1.82) is 0 Å². The van der Waals surface area contributed by atoms with Crippen molar-refractivity contribution >= 4 is 23.4 Å². The second kappa shape index (κ2) is 8.92. The molecule has 2 heterocycles. The smallest absolute Gasteiger partial charge is 0.277 e. The maximum atomic E-state index is 12.6. The zero-order valence-electron chi connectivity index (χ0n) is 17.6. The highest BCUT2D eigenvalue weighted by Gasteiger charge is 2.23. The molecule has 0 radical (unpaired) electrons. The van der Waals surface area contributed by atoms with Crippen LogP contribution in [0.1, 0.15) is 16.7 Å². The van der Waals surface area contributed by atoms with Gasteiger partial charge in [0, 0.05) is 37.4 Å². The van der Waals surface area contributed by atoms with E-state index in [4.69, 9.17) is 4.42 Å². The summed E-state index contributed by atoms with van der Waals surface area (Å²) in [5, 5.41) is 8.59. The summed E-state index contributed by atoms with van der Waals surface area (Å²) in [4.78, 5) is 16.9.